The Hall–Kier alpha value is -1.79. The topological polar surface area (TPSA) is 81.1 Å². The predicted molar refractivity (Wildman–Crippen MR) is 75.3 cm³/mol. The van der Waals surface area contributed by atoms with Gasteiger partial charge >= 0.3 is 5.97 Å². The highest BCUT2D eigenvalue weighted by Crippen LogP contribution is 2.13. The largest absolute Gasteiger partial charge is 0.480 e. The van der Waals surface area contributed by atoms with Gasteiger partial charge in [0.2, 0.25) is 0 Å². The molecule has 5 nitrogen and oxygen atoms in total. The Morgan fingerprint density at radius 1 is 1.37 bits per heavy atom. The van der Waals surface area contributed by atoms with Crippen molar-refractivity contribution >= 4 is 17.7 Å². The first-order valence-electron chi connectivity index (χ1n) is 5.83. The minimum absolute atomic E-state index is 0.382. The van der Waals surface area contributed by atoms with Crippen LogP contribution in [0.1, 0.15) is 5.69 Å². The van der Waals surface area contributed by atoms with Crippen LogP contribution in [0, 0.1) is 0 Å². The molecule has 1 heterocycles. The summed E-state index contributed by atoms with van der Waals surface area (Å²) in [6.07, 6.45) is 1.89. The van der Waals surface area contributed by atoms with E-state index in [1.54, 1.807) is 4.68 Å². The molecule has 0 aliphatic carbocycles. The van der Waals surface area contributed by atoms with Gasteiger partial charge in [-0.2, -0.15) is 16.9 Å². The second kappa shape index (κ2) is 6.40. The van der Waals surface area contributed by atoms with Crippen LogP contribution in [-0.2, 0) is 10.5 Å². The van der Waals surface area contributed by atoms with Crippen molar-refractivity contribution in [2.45, 2.75) is 11.8 Å². The molecule has 2 rings (SSSR count). The lowest BCUT2D eigenvalue weighted by Gasteiger charge is -2.04. The molecule has 0 saturated carbocycles. The Kier molecular flexibility index (Phi) is 4.59. The maximum Gasteiger partial charge on any atom is 0.321 e. The molecular formula is C13H15N3O2S. The van der Waals surface area contributed by atoms with Crippen molar-refractivity contribution < 1.29 is 9.90 Å². The molecule has 1 atom stereocenters. The van der Waals surface area contributed by atoms with Crippen molar-refractivity contribution in [1.82, 2.24) is 9.78 Å². The van der Waals surface area contributed by atoms with Gasteiger partial charge in [-0.1, -0.05) is 18.2 Å². The molecule has 0 radical (unpaired) electrons. The molecule has 0 spiro atoms. The number of rotatable bonds is 6. The Balaban J connectivity index is 1.90. The summed E-state index contributed by atoms with van der Waals surface area (Å²) in [4.78, 5) is 10.6. The van der Waals surface area contributed by atoms with Crippen molar-refractivity contribution in [3.05, 3.63) is 48.3 Å². The van der Waals surface area contributed by atoms with Crippen LogP contribution in [0.2, 0.25) is 0 Å². The zero-order valence-corrected chi connectivity index (χ0v) is 11.1. The summed E-state index contributed by atoms with van der Waals surface area (Å²) in [5, 5.41) is 13.1. The normalized spacial score (nSPS) is 12.3. The van der Waals surface area contributed by atoms with E-state index in [0.29, 0.717) is 11.5 Å². The number of para-hydroxylation sites is 1. The third kappa shape index (κ3) is 3.84. The predicted octanol–water partition coefficient (Wildman–Crippen LogP) is 1.52. The van der Waals surface area contributed by atoms with Gasteiger partial charge in [0.1, 0.15) is 6.04 Å². The van der Waals surface area contributed by atoms with Gasteiger partial charge < -0.3 is 10.8 Å². The lowest BCUT2D eigenvalue weighted by Crippen LogP contribution is -2.32. The van der Waals surface area contributed by atoms with Gasteiger partial charge in [-0.15, -0.1) is 0 Å². The fourth-order valence-electron chi connectivity index (χ4n) is 1.52. The van der Waals surface area contributed by atoms with E-state index in [1.807, 2.05) is 42.6 Å². The first-order chi connectivity index (χ1) is 9.16. The Morgan fingerprint density at radius 3 is 2.79 bits per heavy atom. The summed E-state index contributed by atoms with van der Waals surface area (Å²) in [5.41, 5.74) is 7.34. The monoisotopic (exact) mass is 277 g/mol. The van der Waals surface area contributed by atoms with Gasteiger partial charge in [-0.3, -0.25) is 4.79 Å². The molecule has 0 aliphatic rings. The molecular weight excluding hydrogens is 262 g/mol. The van der Waals surface area contributed by atoms with E-state index < -0.39 is 12.0 Å². The molecule has 0 saturated heterocycles. The van der Waals surface area contributed by atoms with Gasteiger partial charge in [0.15, 0.2) is 0 Å². The highest BCUT2D eigenvalue weighted by Gasteiger charge is 2.11. The van der Waals surface area contributed by atoms with E-state index in [1.165, 1.54) is 11.8 Å². The van der Waals surface area contributed by atoms with E-state index in [2.05, 4.69) is 5.10 Å². The Morgan fingerprint density at radius 2 is 2.11 bits per heavy atom. The molecule has 1 aromatic heterocycles. The van der Waals surface area contributed by atoms with Gasteiger partial charge in [0, 0.05) is 17.7 Å². The van der Waals surface area contributed by atoms with E-state index in [0.717, 1.165) is 11.4 Å². The van der Waals surface area contributed by atoms with Crippen LogP contribution in [0.4, 0.5) is 0 Å². The average Bonchev–Trinajstić information content (AvgIpc) is 2.88. The van der Waals surface area contributed by atoms with Crippen molar-refractivity contribution in [3.63, 3.8) is 0 Å². The summed E-state index contributed by atoms with van der Waals surface area (Å²) in [7, 11) is 0. The van der Waals surface area contributed by atoms with Crippen molar-refractivity contribution in [2.24, 2.45) is 5.73 Å². The van der Waals surface area contributed by atoms with Crippen LogP contribution in [0.5, 0.6) is 0 Å². The number of benzene rings is 1. The van der Waals surface area contributed by atoms with Crippen LogP contribution in [0.3, 0.4) is 0 Å². The third-order valence-corrected chi connectivity index (χ3v) is 3.62. The Bertz CT molecular complexity index is 542. The molecule has 0 amide bonds. The molecule has 2 aromatic rings. The lowest BCUT2D eigenvalue weighted by atomic mass is 10.3. The van der Waals surface area contributed by atoms with E-state index in [-0.39, 0.29) is 0 Å². The number of aliphatic carboxylic acids is 1. The zero-order valence-electron chi connectivity index (χ0n) is 10.3. The number of carboxylic acid groups (broad SMARTS) is 1. The molecule has 0 aliphatic heterocycles. The average molecular weight is 277 g/mol. The minimum Gasteiger partial charge on any atom is -0.480 e. The standard InChI is InChI=1S/C13H15N3O2S/c14-12(13(17)18)9-19-8-10-6-7-16(15-10)11-4-2-1-3-5-11/h1-7,12H,8-9,14H2,(H,17,18)/t12-/m0/s1. The number of nitrogens with zero attached hydrogens (tertiary/aromatic N) is 2. The van der Waals surface area contributed by atoms with Crippen LogP contribution < -0.4 is 5.73 Å². The first kappa shape index (κ1) is 13.6. The quantitative estimate of drug-likeness (QED) is 0.836. The molecule has 1 aromatic carbocycles. The Labute approximate surface area is 115 Å². The zero-order chi connectivity index (χ0) is 13.7. The molecule has 100 valence electrons. The number of hydrogen-bond donors (Lipinski definition) is 2. The van der Waals surface area contributed by atoms with E-state index >= 15 is 0 Å². The van der Waals surface area contributed by atoms with Gasteiger partial charge in [-0.05, 0) is 18.2 Å². The third-order valence-electron chi connectivity index (χ3n) is 2.53. The summed E-state index contributed by atoms with van der Waals surface area (Å²) in [6, 6.07) is 10.9. The smallest absolute Gasteiger partial charge is 0.321 e. The number of hydrogen-bond acceptors (Lipinski definition) is 4. The summed E-state index contributed by atoms with van der Waals surface area (Å²) >= 11 is 1.47. The first-order valence-corrected chi connectivity index (χ1v) is 6.98. The van der Waals surface area contributed by atoms with Crippen molar-refractivity contribution in [3.8, 4) is 5.69 Å². The second-order valence-electron chi connectivity index (χ2n) is 4.05. The summed E-state index contributed by atoms with van der Waals surface area (Å²) in [5.74, 6) is 0.0660. The second-order valence-corrected chi connectivity index (χ2v) is 5.08. The SMILES string of the molecule is N[C@@H](CSCc1ccn(-c2ccccc2)n1)C(=O)O. The maximum atomic E-state index is 10.6. The van der Waals surface area contributed by atoms with E-state index in [9.17, 15) is 4.79 Å². The number of thioether (sulfide) groups is 1. The molecule has 6 heteroatoms. The number of aromatic nitrogens is 2. The highest BCUT2D eigenvalue weighted by atomic mass is 32.2. The van der Waals surface area contributed by atoms with Crippen LogP contribution in [0.25, 0.3) is 5.69 Å². The molecule has 0 bridgehead atoms. The lowest BCUT2D eigenvalue weighted by molar-refractivity contribution is -0.137. The van der Waals surface area contributed by atoms with Gasteiger partial charge in [0.25, 0.3) is 0 Å². The van der Waals surface area contributed by atoms with Crippen LogP contribution >= 0.6 is 11.8 Å². The van der Waals surface area contributed by atoms with Crippen LogP contribution in [-0.4, -0.2) is 32.7 Å². The van der Waals surface area contributed by atoms with Gasteiger partial charge in [-0.25, -0.2) is 4.68 Å². The van der Waals surface area contributed by atoms with E-state index in [4.69, 9.17) is 10.8 Å². The summed E-state index contributed by atoms with van der Waals surface area (Å²) < 4.78 is 1.80. The number of nitrogens with two attached hydrogens (primary N) is 1. The van der Waals surface area contributed by atoms with Crippen molar-refractivity contribution in [1.29, 1.82) is 0 Å². The number of carbonyl (C=O) groups is 1. The molecule has 3 N–H and O–H groups in total. The fraction of sp³-hybridized carbons (Fsp3) is 0.231. The minimum atomic E-state index is -0.970. The van der Waals surface area contributed by atoms with Crippen LogP contribution in [0.15, 0.2) is 42.6 Å². The fourth-order valence-corrected chi connectivity index (χ4v) is 2.40. The molecule has 0 unspecified atom stereocenters. The van der Waals surface area contributed by atoms with Gasteiger partial charge in [0.05, 0.1) is 11.4 Å². The highest BCUT2D eigenvalue weighted by molar-refractivity contribution is 7.98. The maximum absolute atomic E-state index is 10.6. The molecule has 19 heavy (non-hydrogen) atoms. The summed E-state index contributed by atoms with van der Waals surface area (Å²) in [6.45, 7) is 0. The number of carboxylic acids is 1. The van der Waals surface area contributed by atoms with Crippen molar-refractivity contribution in [2.75, 3.05) is 5.75 Å². The molecule has 0 fully saturated rings.